The van der Waals surface area contributed by atoms with Gasteiger partial charge in [-0.2, -0.15) is 0 Å². The molecule has 2 N–H and O–H groups in total. The summed E-state index contributed by atoms with van der Waals surface area (Å²) in [6.07, 6.45) is 0.597. The lowest BCUT2D eigenvalue weighted by Gasteiger charge is -2.33. The predicted molar refractivity (Wildman–Crippen MR) is 56.9 cm³/mol. The molecule has 4 nitrogen and oxygen atoms in total. The quantitative estimate of drug-likeness (QED) is 0.681. The Labute approximate surface area is 86.0 Å². The molecule has 0 aromatic heterocycles. The SMILES string of the molecule is CC(CN)CC(=O)N1CCN(C)CC1. The van der Waals surface area contributed by atoms with Gasteiger partial charge in [-0.3, -0.25) is 4.79 Å². The molecular formula is C10H21N3O. The maximum absolute atomic E-state index is 11.7. The van der Waals surface area contributed by atoms with E-state index in [2.05, 4.69) is 11.9 Å². The molecule has 1 aliphatic heterocycles. The fraction of sp³-hybridized carbons (Fsp3) is 0.900. The van der Waals surface area contributed by atoms with Crippen molar-refractivity contribution in [2.24, 2.45) is 11.7 Å². The first-order chi connectivity index (χ1) is 6.63. The number of hydrogen-bond donors (Lipinski definition) is 1. The first-order valence-electron chi connectivity index (χ1n) is 5.30. The summed E-state index contributed by atoms with van der Waals surface area (Å²) in [6.45, 7) is 6.33. The highest BCUT2D eigenvalue weighted by molar-refractivity contribution is 5.76. The molecule has 0 radical (unpaired) electrons. The molecule has 14 heavy (non-hydrogen) atoms. The topological polar surface area (TPSA) is 49.6 Å². The van der Waals surface area contributed by atoms with Crippen molar-refractivity contribution in [1.29, 1.82) is 0 Å². The van der Waals surface area contributed by atoms with Gasteiger partial charge in [-0.25, -0.2) is 0 Å². The van der Waals surface area contributed by atoms with E-state index in [-0.39, 0.29) is 5.91 Å². The highest BCUT2D eigenvalue weighted by Crippen LogP contribution is 2.06. The largest absolute Gasteiger partial charge is 0.340 e. The van der Waals surface area contributed by atoms with Gasteiger partial charge in [-0.1, -0.05) is 6.92 Å². The Morgan fingerprint density at radius 2 is 1.93 bits per heavy atom. The number of carbonyl (C=O) groups is 1. The summed E-state index contributed by atoms with van der Waals surface area (Å²) in [5.41, 5.74) is 5.49. The van der Waals surface area contributed by atoms with E-state index in [1.807, 2.05) is 11.8 Å². The van der Waals surface area contributed by atoms with Crippen LogP contribution in [0.1, 0.15) is 13.3 Å². The minimum Gasteiger partial charge on any atom is -0.340 e. The second-order valence-electron chi connectivity index (χ2n) is 4.23. The Balaban J connectivity index is 2.30. The number of rotatable bonds is 3. The van der Waals surface area contributed by atoms with Crippen molar-refractivity contribution in [3.05, 3.63) is 0 Å². The fourth-order valence-corrected chi connectivity index (χ4v) is 1.57. The zero-order valence-electron chi connectivity index (χ0n) is 9.20. The summed E-state index contributed by atoms with van der Waals surface area (Å²) < 4.78 is 0. The molecule has 0 aromatic carbocycles. The average molecular weight is 199 g/mol. The van der Waals surface area contributed by atoms with Gasteiger partial charge >= 0.3 is 0 Å². The molecule has 4 heteroatoms. The molecule has 1 heterocycles. The summed E-state index contributed by atoms with van der Waals surface area (Å²) in [4.78, 5) is 15.9. The van der Waals surface area contributed by atoms with Crippen LogP contribution in [0.15, 0.2) is 0 Å². The molecule has 0 spiro atoms. The van der Waals surface area contributed by atoms with E-state index in [1.165, 1.54) is 0 Å². The summed E-state index contributed by atoms with van der Waals surface area (Å²) >= 11 is 0. The van der Waals surface area contributed by atoms with Crippen molar-refractivity contribution in [3.8, 4) is 0 Å². The van der Waals surface area contributed by atoms with Gasteiger partial charge in [0.1, 0.15) is 0 Å². The average Bonchev–Trinajstić information content (AvgIpc) is 2.18. The fourth-order valence-electron chi connectivity index (χ4n) is 1.57. The first-order valence-corrected chi connectivity index (χ1v) is 5.30. The normalized spacial score (nSPS) is 20.9. The molecular weight excluding hydrogens is 178 g/mol. The van der Waals surface area contributed by atoms with Crippen LogP contribution in [0.2, 0.25) is 0 Å². The molecule has 1 aliphatic rings. The maximum atomic E-state index is 11.7. The van der Waals surface area contributed by atoms with Crippen LogP contribution >= 0.6 is 0 Å². The van der Waals surface area contributed by atoms with Crippen molar-refractivity contribution in [1.82, 2.24) is 9.80 Å². The molecule has 0 aliphatic carbocycles. The first kappa shape index (κ1) is 11.5. The molecule has 82 valence electrons. The van der Waals surface area contributed by atoms with E-state index in [4.69, 9.17) is 5.73 Å². The van der Waals surface area contributed by atoms with Gasteiger partial charge in [-0.15, -0.1) is 0 Å². The van der Waals surface area contributed by atoms with Crippen LogP contribution in [-0.2, 0) is 4.79 Å². The molecule has 1 rings (SSSR count). The van der Waals surface area contributed by atoms with Gasteiger partial charge in [0.25, 0.3) is 0 Å². The van der Waals surface area contributed by atoms with E-state index >= 15 is 0 Å². The van der Waals surface area contributed by atoms with Crippen LogP contribution in [0.25, 0.3) is 0 Å². The third kappa shape index (κ3) is 3.27. The molecule has 1 saturated heterocycles. The van der Waals surface area contributed by atoms with Crippen molar-refractivity contribution < 1.29 is 4.79 Å². The maximum Gasteiger partial charge on any atom is 0.222 e. The third-order valence-electron chi connectivity index (χ3n) is 2.78. The standard InChI is InChI=1S/C10H21N3O/c1-9(8-11)7-10(14)13-5-3-12(2)4-6-13/h9H,3-8,11H2,1-2H3. The van der Waals surface area contributed by atoms with E-state index in [9.17, 15) is 4.79 Å². The van der Waals surface area contributed by atoms with E-state index < -0.39 is 0 Å². The van der Waals surface area contributed by atoms with Crippen LogP contribution in [-0.4, -0.2) is 55.5 Å². The predicted octanol–water partition coefficient (Wildman–Crippen LogP) is -0.255. The number of amides is 1. The van der Waals surface area contributed by atoms with Crippen molar-refractivity contribution in [2.75, 3.05) is 39.8 Å². The lowest BCUT2D eigenvalue weighted by molar-refractivity contribution is -0.133. The molecule has 1 unspecified atom stereocenters. The Hall–Kier alpha value is -0.610. The summed E-state index contributed by atoms with van der Waals surface area (Å²) in [5, 5.41) is 0. The zero-order valence-corrected chi connectivity index (χ0v) is 9.20. The van der Waals surface area contributed by atoms with Crippen molar-refractivity contribution in [2.45, 2.75) is 13.3 Å². The lowest BCUT2D eigenvalue weighted by atomic mass is 10.1. The van der Waals surface area contributed by atoms with E-state index in [0.29, 0.717) is 18.9 Å². The molecule has 0 saturated carbocycles. The highest BCUT2D eigenvalue weighted by atomic mass is 16.2. The van der Waals surface area contributed by atoms with E-state index in [1.54, 1.807) is 0 Å². The Morgan fingerprint density at radius 1 is 1.36 bits per heavy atom. The van der Waals surface area contributed by atoms with Crippen molar-refractivity contribution in [3.63, 3.8) is 0 Å². The van der Waals surface area contributed by atoms with Gasteiger partial charge in [0, 0.05) is 32.6 Å². The number of carbonyl (C=O) groups excluding carboxylic acids is 1. The molecule has 0 bridgehead atoms. The second kappa shape index (κ2) is 5.32. The molecule has 1 atom stereocenters. The lowest BCUT2D eigenvalue weighted by Crippen LogP contribution is -2.47. The number of nitrogens with two attached hydrogens (primary N) is 1. The van der Waals surface area contributed by atoms with Crippen LogP contribution in [0, 0.1) is 5.92 Å². The number of likely N-dealkylation sites (N-methyl/N-ethyl adjacent to an activating group) is 1. The van der Waals surface area contributed by atoms with Gasteiger partial charge in [-0.05, 0) is 19.5 Å². The molecule has 1 amide bonds. The minimum absolute atomic E-state index is 0.260. The smallest absolute Gasteiger partial charge is 0.222 e. The summed E-state index contributed by atoms with van der Waals surface area (Å²) in [5.74, 6) is 0.568. The molecule has 1 fully saturated rings. The Morgan fingerprint density at radius 3 is 2.43 bits per heavy atom. The monoisotopic (exact) mass is 199 g/mol. The van der Waals surface area contributed by atoms with Crippen LogP contribution in [0.3, 0.4) is 0 Å². The summed E-state index contributed by atoms with van der Waals surface area (Å²) in [7, 11) is 2.09. The van der Waals surface area contributed by atoms with Crippen molar-refractivity contribution >= 4 is 5.91 Å². The second-order valence-corrected chi connectivity index (χ2v) is 4.23. The Kier molecular flexibility index (Phi) is 4.35. The molecule has 0 aromatic rings. The number of hydrogen-bond acceptors (Lipinski definition) is 3. The minimum atomic E-state index is 0.260. The highest BCUT2D eigenvalue weighted by Gasteiger charge is 2.19. The van der Waals surface area contributed by atoms with Crippen LogP contribution < -0.4 is 5.73 Å². The number of piperazine rings is 1. The van der Waals surface area contributed by atoms with Gasteiger partial charge in [0.2, 0.25) is 5.91 Å². The Bertz CT molecular complexity index is 188. The zero-order chi connectivity index (χ0) is 10.6. The van der Waals surface area contributed by atoms with Crippen LogP contribution in [0.4, 0.5) is 0 Å². The summed E-state index contributed by atoms with van der Waals surface area (Å²) in [6, 6.07) is 0. The van der Waals surface area contributed by atoms with Gasteiger partial charge in [0.15, 0.2) is 0 Å². The number of nitrogens with zero attached hydrogens (tertiary/aromatic N) is 2. The third-order valence-corrected chi connectivity index (χ3v) is 2.78. The van der Waals surface area contributed by atoms with E-state index in [0.717, 1.165) is 26.2 Å². The van der Waals surface area contributed by atoms with Gasteiger partial charge in [0.05, 0.1) is 0 Å². The van der Waals surface area contributed by atoms with Gasteiger partial charge < -0.3 is 15.5 Å². The van der Waals surface area contributed by atoms with Crippen LogP contribution in [0.5, 0.6) is 0 Å².